The molecule has 0 spiro atoms. The van der Waals surface area contributed by atoms with E-state index in [1.54, 1.807) is 25.1 Å². The Morgan fingerprint density at radius 3 is 2.52 bits per heavy atom. The van der Waals surface area contributed by atoms with Crippen LogP contribution in [0.2, 0.25) is 0 Å². The lowest BCUT2D eigenvalue weighted by molar-refractivity contribution is 0.338. The molecule has 0 fully saturated rings. The molecule has 1 aromatic heterocycles. The SMILES string of the molecule is C/C(=N\OS(=O)(=O)c1ccc(C)cc1)Nc1cc(C)n[nH]1. The van der Waals surface area contributed by atoms with Crippen LogP contribution < -0.4 is 5.32 Å². The first-order valence-corrected chi connectivity index (χ1v) is 7.61. The molecule has 1 aromatic carbocycles. The van der Waals surface area contributed by atoms with Gasteiger partial charge in [0.05, 0.1) is 5.69 Å². The van der Waals surface area contributed by atoms with Gasteiger partial charge in [-0.2, -0.15) is 13.5 Å². The van der Waals surface area contributed by atoms with Crippen molar-refractivity contribution in [3.05, 3.63) is 41.6 Å². The fraction of sp³-hybridized carbons (Fsp3) is 0.231. The van der Waals surface area contributed by atoms with Crippen molar-refractivity contribution in [2.45, 2.75) is 25.7 Å². The van der Waals surface area contributed by atoms with Gasteiger partial charge in [0.1, 0.15) is 16.5 Å². The number of aromatic nitrogens is 2. The maximum atomic E-state index is 11.9. The summed E-state index contributed by atoms with van der Waals surface area (Å²) in [5, 5.41) is 13.1. The number of benzene rings is 1. The van der Waals surface area contributed by atoms with Crippen LogP contribution in [0.25, 0.3) is 0 Å². The average Bonchev–Trinajstić information content (AvgIpc) is 2.82. The Hall–Kier alpha value is -2.35. The minimum absolute atomic E-state index is 0.0574. The number of hydrogen-bond acceptors (Lipinski definition) is 5. The van der Waals surface area contributed by atoms with Gasteiger partial charge in [-0.25, -0.2) is 0 Å². The molecule has 0 aliphatic heterocycles. The number of aryl methyl sites for hydroxylation is 2. The molecule has 0 saturated heterocycles. The lowest BCUT2D eigenvalue weighted by atomic mass is 10.2. The molecule has 7 nitrogen and oxygen atoms in total. The predicted molar refractivity (Wildman–Crippen MR) is 79.5 cm³/mol. The van der Waals surface area contributed by atoms with Gasteiger partial charge in [-0.15, -0.1) is 0 Å². The normalized spacial score (nSPS) is 12.2. The molecule has 0 atom stereocenters. The van der Waals surface area contributed by atoms with Gasteiger partial charge in [0.2, 0.25) is 0 Å². The minimum Gasteiger partial charge on any atom is -0.326 e. The Bertz CT molecular complexity index is 748. The van der Waals surface area contributed by atoms with Gasteiger partial charge in [0.25, 0.3) is 0 Å². The Morgan fingerprint density at radius 1 is 1.29 bits per heavy atom. The molecule has 112 valence electrons. The number of nitrogens with zero attached hydrogens (tertiary/aromatic N) is 2. The quantitative estimate of drug-likeness (QED) is 0.512. The Balaban J connectivity index is 2.06. The molecule has 1 heterocycles. The summed E-state index contributed by atoms with van der Waals surface area (Å²) in [4.78, 5) is 0.0574. The van der Waals surface area contributed by atoms with Crippen LogP contribution in [-0.2, 0) is 14.4 Å². The number of anilines is 1. The highest BCUT2D eigenvalue weighted by Crippen LogP contribution is 2.13. The zero-order valence-corrected chi connectivity index (χ0v) is 12.7. The van der Waals surface area contributed by atoms with Crippen molar-refractivity contribution < 1.29 is 12.7 Å². The van der Waals surface area contributed by atoms with E-state index in [0.717, 1.165) is 11.3 Å². The van der Waals surface area contributed by atoms with Gasteiger partial charge >= 0.3 is 10.1 Å². The summed E-state index contributed by atoms with van der Waals surface area (Å²) < 4.78 is 28.5. The van der Waals surface area contributed by atoms with E-state index >= 15 is 0 Å². The highest BCUT2D eigenvalue weighted by molar-refractivity contribution is 7.86. The topological polar surface area (TPSA) is 96.4 Å². The smallest absolute Gasteiger partial charge is 0.326 e. The van der Waals surface area contributed by atoms with Gasteiger partial charge in [-0.05, 0) is 32.9 Å². The Labute approximate surface area is 123 Å². The van der Waals surface area contributed by atoms with Crippen LogP contribution in [0, 0.1) is 13.8 Å². The standard InChI is InChI=1S/C13H16N4O3S/c1-9-4-6-12(7-5-9)21(18,19)20-17-11(3)14-13-8-10(2)15-16-13/h4-8H,1-3H3,(H2,14,15,16,17). The van der Waals surface area contributed by atoms with Gasteiger partial charge in [0.15, 0.2) is 0 Å². The molecule has 2 aromatic rings. The minimum atomic E-state index is -3.91. The summed E-state index contributed by atoms with van der Waals surface area (Å²) in [6.07, 6.45) is 0. The van der Waals surface area contributed by atoms with Gasteiger partial charge in [0, 0.05) is 6.07 Å². The first kappa shape index (κ1) is 15.0. The molecule has 2 N–H and O–H groups in total. The number of H-pyrrole nitrogens is 1. The molecule has 2 rings (SSSR count). The van der Waals surface area contributed by atoms with Crippen LogP contribution in [0.4, 0.5) is 5.82 Å². The molecule has 0 unspecified atom stereocenters. The zero-order valence-electron chi connectivity index (χ0n) is 11.9. The van der Waals surface area contributed by atoms with E-state index in [4.69, 9.17) is 0 Å². The second-order valence-electron chi connectivity index (χ2n) is 4.57. The second-order valence-corrected chi connectivity index (χ2v) is 6.10. The van der Waals surface area contributed by atoms with E-state index in [-0.39, 0.29) is 10.7 Å². The summed E-state index contributed by atoms with van der Waals surface area (Å²) in [7, 11) is -3.91. The molecule has 8 heteroatoms. The van der Waals surface area contributed by atoms with Crippen LogP contribution >= 0.6 is 0 Å². The van der Waals surface area contributed by atoms with Crippen molar-refractivity contribution in [1.82, 2.24) is 10.2 Å². The van der Waals surface area contributed by atoms with Crippen LogP contribution in [0.5, 0.6) is 0 Å². The molecule has 0 aliphatic rings. The lowest BCUT2D eigenvalue weighted by Crippen LogP contribution is -2.11. The number of amidine groups is 1. The van der Waals surface area contributed by atoms with E-state index < -0.39 is 10.1 Å². The van der Waals surface area contributed by atoms with Crippen molar-refractivity contribution in [2.24, 2.45) is 5.16 Å². The van der Waals surface area contributed by atoms with Crippen LogP contribution in [0.3, 0.4) is 0 Å². The number of aromatic amines is 1. The number of oxime groups is 1. The first-order valence-electron chi connectivity index (χ1n) is 6.21. The summed E-state index contributed by atoms with van der Waals surface area (Å²) in [6, 6.07) is 8.09. The zero-order chi connectivity index (χ0) is 15.5. The van der Waals surface area contributed by atoms with E-state index in [1.807, 2.05) is 13.8 Å². The third kappa shape index (κ3) is 4.06. The van der Waals surface area contributed by atoms with Gasteiger partial charge < -0.3 is 5.32 Å². The van der Waals surface area contributed by atoms with Crippen molar-refractivity contribution in [3.63, 3.8) is 0 Å². The Morgan fingerprint density at radius 2 is 1.95 bits per heavy atom. The summed E-state index contributed by atoms with van der Waals surface area (Å²) >= 11 is 0. The fourth-order valence-corrected chi connectivity index (χ4v) is 2.32. The highest BCUT2D eigenvalue weighted by atomic mass is 32.2. The molecule has 0 bridgehead atoms. The summed E-state index contributed by atoms with van der Waals surface area (Å²) in [5.74, 6) is 0.888. The largest absolute Gasteiger partial charge is 0.358 e. The molecular formula is C13H16N4O3S. The summed E-state index contributed by atoms with van der Waals surface area (Å²) in [6.45, 7) is 5.28. The van der Waals surface area contributed by atoms with Crippen molar-refractivity contribution in [2.75, 3.05) is 5.32 Å². The van der Waals surface area contributed by atoms with Crippen LogP contribution in [0.1, 0.15) is 18.2 Å². The fourth-order valence-electron chi connectivity index (χ4n) is 1.56. The third-order valence-corrected chi connectivity index (χ3v) is 3.72. The van der Waals surface area contributed by atoms with E-state index in [2.05, 4.69) is 25.0 Å². The van der Waals surface area contributed by atoms with Crippen molar-refractivity contribution >= 4 is 21.8 Å². The van der Waals surface area contributed by atoms with E-state index in [1.165, 1.54) is 12.1 Å². The highest BCUT2D eigenvalue weighted by Gasteiger charge is 2.15. The molecule has 0 radical (unpaired) electrons. The van der Waals surface area contributed by atoms with Crippen molar-refractivity contribution in [1.29, 1.82) is 0 Å². The van der Waals surface area contributed by atoms with Crippen LogP contribution in [0.15, 0.2) is 40.4 Å². The lowest BCUT2D eigenvalue weighted by Gasteiger charge is -2.04. The molecule has 0 aliphatic carbocycles. The van der Waals surface area contributed by atoms with Crippen LogP contribution in [-0.4, -0.2) is 24.5 Å². The molecule has 0 amide bonds. The molecule has 21 heavy (non-hydrogen) atoms. The summed E-state index contributed by atoms with van der Waals surface area (Å²) in [5.41, 5.74) is 1.77. The average molecular weight is 308 g/mol. The van der Waals surface area contributed by atoms with Gasteiger partial charge in [-0.3, -0.25) is 9.38 Å². The molecular weight excluding hydrogens is 292 g/mol. The number of nitrogens with one attached hydrogen (secondary N) is 2. The van der Waals surface area contributed by atoms with Crippen molar-refractivity contribution in [3.8, 4) is 0 Å². The predicted octanol–water partition coefficient (Wildman–Crippen LogP) is 2.18. The molecule has 0 saturated carbocycles. The Kier molecular flexibility index (Phi) is 4.27. The second kappa shape index (κ2) is 5.96. The van der Waals surface area contributed by atoms with Gasteiger partial charge in [-0.1, -0.05) is 22.9 Å². The number of hydrogen-bond donors (Lipinski definition) is 2. The number of rotatable bonds is 4. The van der Waals surface area contributed by atoms with E-state index in [9.17, 15) is 8.42 Å². The third-order valence-electron chi connectivity index (χ3n) is 2.60. The monoisotopic (exact) mass is 308 g/mol. The maximum Gasteiger partial charge on any atom is 0.358 e. The first-order chi connectivity index (χ1) is 9.87. The van der Waals surface area contributed by atoms with E-state index in [0.29, 0.717) is 5.82 Å². The maximum absolute atomic E-state index is 11.9.